The molecule has 0 spiro atoms. The van der Waals surface area contributed by atoms with E-state index in [9.17, 15) is 4.79 Å². The molecule has 0 radical (unpaired) electrons. The number of rotatable bonds is 3. The van der Waals surface area contributed by atoms with Crippen LogP contribution in [0.15, 0.2) is 0 Å². The van der Waals surface area contributed by atoms with E-state index in [4.69, 9.17) is 4.74 Å². The second-order valence-corrected chi connectivity index (χ2v) is 2.87. The minimum absolute atomic E-state index is 0. The fourth-order valence-corrected chi connectivity index (χ4v) is 1.11. The number of esters is 1. The molecule has 1 heterocycles. The largest absolute Gasteiger partial charge is 0.449 e. The smallest absolute Gasteiger partial charge is 0.306 e. The molecule has 1 aliphatic rings. The summed E-state index contributed by atoms with van der Waals surface area (Å²) in [5.41, 5.74) is 0. The first-order valence-corrected chi connectivity index (χ1v) is 4.41. The van der Waals surface area contributed by atoms with Crippen molar-refractivity contribution in [3.63, 3.8) is 0 Å². The van der Waals surface area contributed by atoms with Gasteiger partial charge in [0.2, 0.25) is 0 Å². The van der Waals surface area contributed by atoms with Crippen molar-refractivity contribution in [1.29, 1.82) is 0 Å². The van der Waals surface area contributed by atoms with E-state index in [1.54, 1.807) is 6.92 Å². The number of nitrogens with zero attached hydrogens (tertiary/aromatic N) is 1. The van der Waals surface area contributed by atoms with Crippen molar-refractivity contribution in [2.75, 3.05) is 32.9 Å². The van der Waals surface area contributed by atoms with Crippen LogP contribution in [0.3, 0.4) is 0 Å². The van der Waals surface area contributed by atoms with Crippen molar-refractivity contribution >= 4 is 30.8 Å². The maximum absolute atomic E-state index is 10.8. The molecule has 0 aliphatic carbocycles. The molecule has 0 aromatic carbocycles. The molecule has 0 atom stereocenters. The highest BCUT2D eigenvalue weighted by Crippen LogP contribution is 1.93. The average Bonchev–Trinajstić information content (AvgIpc) is 2.16. The third-order valence-electron chi connectivity index (χ3n) is 1.91. The second-order valence-electron chi connectivity index (χ2n) is 2.87. The van der Waals surface area contributed by atoms with E-state index in [1.807, 2.05) is 0 Å². The summed E-state index contributed by atoms with van der Waals surface area (Å²) in [6, 6.07) is 0. The number of ether oxygens (including phenoxy) is 1. The zero-order valence-corrected chi connectivity index (χ0v) is 9.96. The molecule has 0 aromatic rings. The quantitative estimate of drug-likeness (QED) is 0.741. The summed E-state index contributed by atoms with van der Waals surface area (Å²) in [7, 11) is 0. The summed E-state index contributed by atoms with van der Waals surface area (Å²) in [5, 5.41) is 3.23. The SMILES string of the molecule is CCC(=O)OCN1CCNCC1.Cl.Cl. The molecule has 6 heteroatoms. The first kappa shape index (κ1) is 16.4. The lowest BCUT2D eigenvalue weighted by Gasteiger charge is -2.26. The van der Waals surface area contributed by atoms with Crippen LogP contribution in [-0.2, 0) is 9.53 Å². The van der Waals surface area contributed by atoms with Crippen LogP contribution in [0.4, 0.5) is 0 Å². The third-order valence-corrected chi connectivity index (χ3v) is 1.91. The van der Waals surface area contributed by atoms with Gasteiger partial charge in [0.05, 0.1) is 0 Å². The molecule has 1 N–H and O–H groups in total. The highest BCUT2D eigenvalue weighted by molar-refractivity contribution is 5.85. The van der Waals surface area contributed by atoms with Crippen molar-refractivity contribution < 1.29 is 9.53 Å². The molecule has 0 unspecified atom stereocenters. The van der Waals surface area contributed by atoms with E-state index in [0.29, 0.717) is 13.2 Å². The van der Waals surface area contributed by atoms with Gasteiger partial charge < -0.3 is 10.1 Å². The predicted octanol–water partition coefficient (Wildman–Crippen LogP) is 0.646. The normalized spacial score (nSPS) is 16.4. The number of halogens is 2. The van der Waals surface area contributed by atoms with Crippen LogP contribution in [0.5, 0.6) is 0 Å². The lowest BCUT2D eigenvalue weighted by atomic mass is 10.4. The zero-order chi connectivity index (χ0) is 8.81. The number of piperazine rings is 1. The molecule has 1 aliphatic heterocycles. The van der Waals surface area contributed by atoms with Crippen molar-refractivity contribution in [2.45, 2.75) is 13.3 Å². The van der Waals surface area contributed by atoms with Gasteiger partial charge in [-0.3, -0.25) is 9.69 Å². The van der Waals surface area contributed by atoms with Gasteiger partial charge in [-0.15, -0.1) is 24.8 Å². The van der Waals surface area contributed by atoms with Crippen LogP contribution in [0.1, 0.15) is 13.3 Å². The Morgan fingerprint density at radius 2 is 1.93 bits per heavy atom. The van der Waals surface area contributed by atoms with Gasteiger partial charge >= 0.3 is 5.97 Å². The van der Waals surface area contributed by atoms with Gasteiger partial charge in [0, 0.05) is 32.6 Å². The molecule has 0 amide bonds. The molecule has 1 rings (SSSR count). The molecule has 1 saturated heterocycles. The van der Waals surface area contributed by atoms with Gasteiger partial charge in [-0.05, 0) is 0 Å². The number of nitrogens with one attached hydrogen (secondary N) is 1. The van der Waals surface area contributed by atoms with E-state index in [-0.39, 0.29) is 30.8 Å². The lowest BCUT2D eigenvalue weighted by Crippen LogP contribution is -2.44. The van der Waals surface area contributed by atoms with E-state index < -0.39 is 0 Å². The Bertz CT molecular complexity index is 152. The Kier molecular flexibility index (Phi) is 11.2. The van der Waals surface area contributed by atoms with Crippen LogP contribution < -0.4 is 5.32 Å². The molecule has 14 heavy (non-hydrogen) atoms. The minimum atomic E-state index is -0.117. The van der Waals surface area contributed by atoms with Crippen molar-refractivity contribution in [2.24, 2.45) is 0 Å². The Hall–Kier alpha value is -0.0300. The Labute approximate surface area is 97.2 Å². The summed E-state index contributed by atoms with van der Waals surface area (Å²) in [5.74, 6) is -0.117. The Morgan fingerprint density at radius 1 is 1.36 bits per heavy atom. The highest BCUT2D eigenvalue weighted by atomic mass is 35.5. The fraction of sp³-hybridized carbons (Fsp3) is 0.875. The number of hydrogen-bond acceptors (Lipinski definition) is 4. The topological polar surface area (TPSA) is 41.6 Å². The molecule has 4 nitrogen and oxygen atoms in total. The van der Waals surface area contributed by atoms with Gasteiger partial charge in [-0.25, -0.2) is 0 Å². The number of carbonyl (C=O) groups is 1. The van der Waals surface area contributed by atoms with Gasteiger partial charge in [0.1, 0.15) is 6.73 Å². The molecular formula is C8H18Cl2N2O2. The maximum Gasteiger partial charge on any atom is 0.306 e. The Morgan fingerprint density at radius 3 is 2.43 bits per heavy atom. The van der Waals surface area contributed by atoms with E-state index >= 15 is 0 Å². The summed E-state index contributed by atoms with van der Waals surface area (Å²) >= 11 is 0. The first-order chi connectivity index (χ1) is 5.83. The molecule has 0 aromatic heterocycles. The van der Waals surface area contributed by atoms with E-state index in [0.717, 1.165) is 26.2 Å². The molecule has 1 fully saturated rings. The van der Waals surface area contributed by atoms with Crippen molar-refractivity contribution in [3.8, 4) is 0 Å². The standard InChI is InChI=1S/C8H16N2O2.2ClH/c1-2-8(11)12-7-10-5-3-9-4-6-10;;/h9H,2-7H2,1H3;2*1H. The fourth-order valence-electron chi connectivity index (χ4n) is 1.11. The highest BCUT2D eigenvalue weighted by Gasteiger charge is 2.10. The molecular weight excluding hydrogens is 227 g/mol. The first-order valence-electron chi connectivity index (χ1n) is 4.41. The van der Waals surface area contributed by atoms with Gasteiger partial charge in [0.25, 0.3) is 0 Å². The molecule has 0 bridgehead atoms. The van der Waals surface area contributed by atoms with Gasteiger partial charge in [-0.2, -0.15) is 0 Å². The van der Waals surface area contributed by atoms with E-state index in [2.05, 4.69) is 10.2 Å². The third kappa shape index (κ3) is 6.43. The summed E-state index contributed by atoms with van der Waals surface area (Å²) in [6.45, 7) is 6.18. The second kappa shape index (κ2) is 9.52. The zero-order valence-electron chi connectivity index (χ0n) is 8.32. The Balaban J connectivity index is 0. The van der Waals surface area contributed by atoms with E-state index in [1.165, 1.54) is 0 Å². The van der Waals surface area contributed by atoms with Crippen LogP contribution in [0, 0.1) is 0 Å². The van der Waals surface area contributed by atoms with Gasteiger partial charge in [0.15, 0.2) is 0 Å². The molecule has 86 valence electrons. The van der Waals surface area contributed by atoms with Crippen molar-refractivity contribution in [1.82, 2.24) is 10.2 Å². The summed E-state index contributed by atoms with van der Waals surface area (Å²) in [6.07, 6.45) is 0.464. The lowest BCUT2D eigenvalue weighted by molar-refractivity contribution is -0.148. The van der Waals surface area contributed by atoms with Crippen LogP contribution in [0.25, 0.3) is 0 Å². The summed E-state index contributed by atoms with van der Waals surface area (Å²) in [4.78, 5) is 12.9. The van der Waals surface area contributed by atoms with Crippen LogP contribution in [-0.4, -0.2) is 43.8 Å². The maximum atomic E-state index is 10.8. The van der Waals surface area contributed by atoms with Crippen molar-refractivity contribution in [3.05, 3.63) is 0 Å². The monoisotopic (exact) mass is 244 g/mol. The molecule has 0 saturated carbocycles. The number of carbonyl (C=O) groups excluding carboxylic acids is 1. The number of hydrogen-bond donors (Lipinski definition) is 1. The van der Waals surface area contributed by atoms with Crippen LogP contribution >= 0.6 is 24.8 Å². The van der Waals surface area contributed by atoms with Gasteiger partial charge in [-0.1, -0.05) is 6.92 Å². The van der Waals surface area contributed by atoms with Crippen LogP contribution in [0.2, 0.25) is 0 Å². The predicted molar refractivity (Wildman–Crippen MR) is 60.2 cm³/mol. The minimum Gasteiger partial charge on any atom is -0.449 e. The average molecular weight is 245 g/mol. The summed E-state index contributed by atoms with van der Waals surface area (Å²) < 4.78 is 4.99.